The average molecular weight is 200 g/mol. The smallest absolute Gasteiger partial charge is 0.0891 e. The van der Waals surface area contributed by atoms with E-state index in [1.165, 1.54) is 19.3 Å². The summed E-state index contributed by atoms with van der Waals surface area (Å²) in [5, 5.41) is 0. The van der Waals surface area contributed by atoms with Gasteiger partial charge in [0.1, 0.15) is 0 Å². The Bertz CT molecular complexity index is 34.5. The first-order valence-electron chi connectivity index (χ1n) is 2.03. The van der Waals surface area contributed by atoms with Crippen LogP contribution in [0, 0.1) is 0 Å². The Hall–Kier alpha value is 1.10. The Morgan fingerprint density at radius 2 is 1.67 bits per heavy atom. The average Bonchev–Trinajstić information content (AvgIpc) is 1.30. The van der Waals surface area contributed by atoms with E-state index >= 15 is 0 Å². The van der Waals surface area contributed by atoms with Gasteiger partial charge in [0, 0.05) is 4.83 Å². The van der Waals surface area contributed by atoms with Gasteiger partial charge in [0.2, 0.25) is 0 Å². The van der Waals surface area contributed by atoms with Crippen molar-refractivity contribution in [3.05, 3.63) is 0 Å². The summed E-state index contributed by atoms with van der Waals surface area (Å²) in [4.78, 5) is 0.877. The fourth-order valence-electron chi connectivity index (χ4n) is 0.358. The molecule has 0 amide bonds. The van der Waals surface area contributed by atoms with E-state index in [0.29, 0.717) is 0 Å². The molecule has 2 heteroatoms. The van der Waals surface area contributed by atoms with Gasteiger partial charge in [-0.15, -0.1) is 0 Å². The molecule has 0 spiro atoms. The number of rotatable bonds is 0. The third-order valence-corrected chi connectivity index (χ3v) is 1.95. The van der Waals surface area contributed by atoms with Gasteiger partial charge in [-0.1, -0.05) is 22.4 Å². The molecule has 0 aromatic rings. The van der Waals surface area contributed by atoms with Gasteiger partial charge in [-0.2, -0.15) is 0 Å². The first-order chi connectivity index (χ1) is 2.39. The number of hydrogen-bond donors (Lipinski definition) is 0. The molecule has 0 atom stereocenters. The maximum atomic E-state index is 3.46. The van der Waals surface area contributed by atoms with Crippen LogP contribution < -0.4 is 0 Å². The first kappa shape index (κ1) is 7.10. The molecular formula is C4H7BrZn+2. The molecule has 0 aromatic heterocycles. The summed E-state index contributed by atoms with van der Waals surface area (Å²) in [7, 11) is 0. The van der Waals surface area contributed by atoms with Crippen LogP contribution in [0.25, 0.3) is 0 Å². The van der Waals surface area contributed by atoms with Crippen LogP contribution in [0.15, 0.2) is 0 Å². The molecule has 1 rings (SSSR count). The fourth-order valence-corrected chi connectivity index (χ4v) is 1.01. The summed E-state index contributed by atoms with van der Waals surface area (Å²) in [6.07, 6.45) is 4.25. The minimum atomic E-state index is 0. The van der Waals surface area contributed by atoms with Crippen molar-refractivity contribution in [1.82, 2.24) is 0 Å². The van der Waals surface area contributed by atoms with Gasteiger partial charge in [-0.3, -0.25) is 0 Å². The maximum absolute atomic E-state index is 3.46. The molecule has 1 saturated carbocycles. The van der Waals surface area contributed by atoms with Crippen molar-refractivity contribution in [2.24, 2.45) is 0 Å². The Kier molecular flexibility index (Phi) is 3.73. The normalized spacial score (nSPS) is 21.5. The summed E-state index contributed by atoms with van der Waals surface area (Å²) >= 11 is 3.46. The standard InChI is InChI=1S/C4H7Br.Zn/c5-4-2-1-3-4;/h4H,1-3H2;/q;+2. The topological polar surface area (TPSA) is 0 Å². The second kappa shape index (κ2) is 3.15. The van der Waals surface area contributed by atoms with Gasteiger partial charge in [0.15, 0.2) is 0 Å². The van der Waals surface area contributed by atoms with Crippen LogP contribution in [0.2, 0.25) is 0 Å². The van der Waals surface area contributed by atoms with Crippen LogP contribution >= 0.6 is 15.9 Å². The summed E-state index contributed by atoms with van der Waals surface area (Å²) in [5.41, 5.74) is 0. The van der Waals surface area contributed by atoms with Crippen LogP contribution in [0.3, 0.4) is 0 Å². The van der Waals surface area contributed by atoms with E-state index < -0.39 is 0 Å². The van der Waals surface area contributed by atoms with Gasteiger partial charge in [-0.25, -0.2) is 0 Å². The zero-order chi connectivity index (χ0) is 3.70. The van der Waals surface area contributed by atoms with Crippen molar-refractivity contribution in [1.29, 1.82) is 0 Å². The molecule has 6 heavy (non-hydrogen) atoms. The quantitative estimate of drug-likeness (QED) is 0.414. The molecule has 0 aliphatic heterocycles. The summed E-state index contributed by atoms with van der Waals surface area (Å²) in [6, 6.07) is 0. The molecule has 0 radical (unpaired) electrons. The predicted molar refractivity (Wildman–Crippen MR) is 26.6 cm³/mol. The number of halogens is 1. The minimum Gasteiger partial charge on any atom is -0.0891 e. The Balaban J connectivity index is 0.000000250. The molecule has 1 aliphatic carbocycles. The van der Waals surface area contributed by atoms with E-state index in [1.54, 1.807) is 0 Å². The van der Waals surface area contributed by atoms with E-state index in [9.17, 15) is 0 Å². The molecule has 1 aliphatic rings. The molecule has 0 heterocycles. The van der Waals surface area contributed by atoms with Crippen molar-refractivity contribution in [3.8, 4) is 0 Å². The molecule has 0 bridgehead atoms. The van der Waals surface area contributed by atoms with Gasteiger partial charge in [0.05, 0.1) is 0 Å². The van der Waals surface area contributed by atoms with Crippen LogP contribution in [0.4, 0.5) is 0 Å². The van der Waals surface area contributed by atoms with Gasteiger partial charge < -0.3 is 0 Å². The summed E-state index contributed by atoms with van der Waals surface area (Å²) in [6.45, 7) is 0. The maximum Gasteiger partial charge on any atom is 2.00 e. The largest absolute Gasteiger partial charge is 2.00 e. The first-order valence-corrected chi connectivity index (χ1v) is 2.95. The monoisotopic (exact) mass is 198 g/mol. The van der Waals surface area contributed by atoms with Crippen LogP contribution in [0.1, 0.15) is 19.3 Å². The molecule has 1 fully saturated rings. The summed E-state index contributed by atoms with van der Waals surface area (Å²) < 4.78 is 0. The SMILES string of the molecule is BrC1CCC1.[Zn+2]. The van der Waals surface area contributed by atoms with Crippen LogP contribution in [-0.2, 0) is 19.5 Å². The van der Waals surface area contributed by atoms with Crippen molar-refractivity contribution >= 4 is 15.9 Å². The molecule has 0 N–H and O–H groups in total. The molecular weight excluding hydrogens is 193 g/mol. The van der Waals surface area contributed by atoms with Crippen molar-refractivity contribution in [3.63, 3.8) is 0 Å². The van der Waals surface area contributed by atoms with E-state index in [2.05, 4.69) is 15.9 Å². The Labute approximate surface area is 59.6 Å². The van der Waals surface area contributed by atoms with E-state index in [-0.39, 0.29) is 19.5 Å². The molecule has 0 saturated heterocycles. The summed E-state index contributed by atoms with van der Waals surface area (Å²) in [5.74, 6) is 0. The second-order valence-electron chi connectivity index (χ2n) is 1.53. The fraction of sp³-hybridized carbons (Fsp3) is 1.00. The van der Waals surface area contributed by atoms with Crippen LogP contribution in [0.5, 0.6) is 0 Å². The third kappa shape index (κ3) is 1.70. The number of hydrogen-bond acceptors (Lipinski definition) is 0. The third-order valence-electron chi connectivity index (χ3n) is 1.03. The molecule has 30 valence electrons. The zero-order valence-corrected chi connectivity index (χ0v) is 8.34. The van der Waals surface area contributed by atoms with Crippen molar-refractivity contribution in [2.75, 3.05) is 0 Å². The number of alkyl halides is 1. The van der Waals surface area contributed by atoms with Crippen molar-refractivity contribution < 1.29 is 19.5 Å². The zero-order valence-electron chi connectivity index (χ0n) is 3.78. The van der Waals surface area contributed by atoms with Crippen molar-refractivity contribution in [2.45, 2.75) is 24.1 Å². The van der Waals surface area contributed by atoms with Gasteiger partial charge >= 0.3 is 19.5 Å². The van der Waals surface area contributed by atoms with Gasteiger partial charge in [-0.05, 0) is 12.8 Å². The second-order valence-corrected chi connectivity index (χ2v) is 2.82. The van der Waals surface area contributed by atoms with E-state index in [0.717, 1.165) is 4.83 Å². The van der Waals surface area contributed by atoms with E-state index in [4.69, 9.17) is 0 Å². The Morgan fingerprint density at radius 3 is 1.67 bits per heavy atom. The Morgan fingerprint density at radius 1 is 1.33 bits per heavy atom. The van der Waals surface area contributed by atoms with Gasteiger partial charge in [0.25, 0.3) is 0 Å². The minimum absolute atomic E-state index is 0. The van der Waals surface area contributed by atoms with Crippen LogP contribution in [-0.4, -0.2) is 4.83 Å². The molecule has 0 nitrogen and oxygen atoms in total. The van der Waals surface area contributed by atoms with E-state index in [1.807, 2.05) is 0 Å². The predicted octanol–water partition coefficient (Wildman–Crippen LogP) is 1.93. The molecule has 0 unspecified atom stereocenters. The molecule has 0 aromatic carbocycles.